The van der Waals surface area contributed by atoms with Crippen LogP contribution in [-0.4, -0.2) is 41.8 Å². The van der Waals surface area contributed by atoms with Crippen LogP contribution in [0.5, 0.6) is 0 Å². The molecule has 0 heterocycles. The van der Waals surface area contributed by atoms with Crippen molar-refractivity contribution in [2.75, 3.05) is 6.54 Å². The van der Waals surface area contributed by atoms with Crippen LogP contribution < -0.4 is 10.6 Å². The Labute approximate surface area is 112 Å². The lowest BCUT2D eigenvalue weighted by Gasteiger charge is -2.24. The average Bonchev–Trinajstić information content (AvgIpc) is 2.22. The maximum atomic E-state index is 11.4. The lowest BCUT2D eigenvalue weighted by atomic mass is 9.99. The molecule has 0 aliphatic heterocycles. The van der Waals surface area contributed by atoms with E-state index in [4.69, 9.17) is 9.84 Å². The fourth-order valence-electron chi connectivity index (χ4n) is 1.40. The minimum absolute atomic E-state index is 0.199. The van der Waals surface area contributed by atoms with Crippen LogP contribution in [0.4, 0.5) is 4.79 Å². The second-order valence-corrected chi connectivity index (χ2v) is 5.35. The maximum absolute atomic E-state index is 11.4. The van der Waals surface area contributed by atoms with E-state index >= 15 is 0 Å². The van der Waals surface area contributed by atoms with Gasteiger partial charge in [0, 0.05) is 12.6 Å². The van der Waals surface area contributed by atoms with Gasteiger partial charge in [0.1, 0.15) is 5.60 Å². The summed E-state index contributed by atoms with van der Waals surface area (Å²) in [5.74, 6) is -1.24. The van der Waals surface area contributed by atoms with Gasteiger partial charge in [-0.15, -0.1) is 0 Å². The first kappa shape index (κ1) is 17.2. The van der Waals surface area contributed by atoms with Gasteiger partial charge >= 0.3 is 12.1 Å². The molecule has 0 aromatic rings. The molecule has 0 fully saturated rings. The van der Waals surface area contributed by atoms with Gasteiger partial charge in [0.05, 0.1) is 6.42 Å². The van der Waals surface area contributed by atoms with Gasteiger partial charge in [-0.3, -0.25) is 9.59 Å². The van der Waals surface area contributed by atoms with Crippen LogP contribution in [0.25, 0.3) is 0 Å². The fraction of sp³-hybridized carbons (Fsp3) is 0.750. The lowest BCUT2D eigenvalue weighted by Crippen LogP contribution is -2.43. The van der Waals surface area contributed by atoms with Gasteiger partial charge in [-0.25, -0.2) is 4.79 Å². The standard InChI is InChI=1S/C12H22N2O5/c1-8(9(14-7-15)5-10(16)17)6-13-11(18)19-12(2,3)4/h7-9H,5-6H2,1-4H3,(H,13,18)(H,14,15)(H,16,17). The second-order valence-electron chi connectivity index (χ2n) is 5.35. The third kappa shape index (κ3) is 8.87. The van der Waals surface area contributed by atoms with E-state index in [2.05, 4.69) is 10.6 Å². The summed E-state index contributed by atoms with van der Waals surface area (Å²) >= 11 is 0. The number of rotatable bonds is 7. The molecule has 0 saturated heterocycles. The molecule has 0 aliphatic carbocycles. The van der Waals surface area contributed by atoms with Gasteiger partial charge in [0.2, 0.25) is 6.41 Å². The number of carbonyl (C=O) groups is 3. The summed E-state index contributed by atoms with van der Waals surface area (Å²) in [5, 5.41) is 13.7. The molecule has 0 saturated carbocycles. The number of amides is 2. The Balaban J connectivity index is 4.25. The molecule has 3 N–H and O–H groups in total. The zero-order chi connectivity index (χ0) is 15.1. The molecule has 0 aliphatic rings. The summed E-state index contributed by atoms with van der Waals surface area (Å²) in [6, 6.07) is -0.537. The molecule has 2 unspecified atom stereocenters. The van der Waals surface area contributed by atoms with Crippen molar-refractivity contribution in [3.8, 4) is 0 Å². The first-order valence-corrected chi connectivity index (χ1v) is 6.04. The van der Waals surface area contributed by atoms with E-state index in [0.29, 0.717) is 6.41 Å². The highest BCUT2D eigenvalue weighted by Gasteiger charge is 2.22. The molecule has 7 nitrogen and oxygen atoms in total. The zero-order valence-electron chi connectivity index (χ0n) is 11.7. The van der Waals surface area contributed by atoms with E-state index in [9.17, 15) is 14.4 Å². The quantitative estimate of drug-likeness (QED) is 0.594. The summed E-state index contributed by atoms with van der Waals surface area (Å²) in [5.41, 5.74) is -0.588. The van der Waals surface area contributed by atoms with Gasteiger partial charge in [0.15, 0.2) is 0 Å². The molecular weight excluding hydrogens is 252 g/mol. The normalized spacial score (nSPS) is 14.1. The molecule has 110 valence electrons. The van der Waals surface area contributed by atoms with Gasteiger partial charge in [-0.1, -0.05) is 6.92 Å². The Kier molecular flexibility index (Phi) is 6.89. The third-order valence-corrected chi connectivity index (χ3v) is 2.33. The Bertz CT molecular complexity index is 325. The molecule has 0 rings (SSSR count). The summed E-state index contributed by atoms with van der Waals surface area (Å²) < 4.78 is 5.05. The monoisotopic (exact) mass is 274 g/mol. The largest absolute Gasteiger partial charge is 0.481 e. The highest BCUT2D eigenvalue weighted by atomic mass is 16.6. The predicted octanol–water partition coefficient (Wildman–Crippen LogP) is 0.737. The van der Waals surface area contributed by atoms with Crippen LogP contribution in [0.3, 0.4) is 0 Å². The van der Waals surface area contributed by atoms with E-state index in [0.717, 1.165) is 0 Å². The number of hydrogen-bond donors (Lipinski definition) is 3. The highest BCUT2D eigenvalue weighted by Crippen LogP contribution is 2.08. The first-order valence-electron chi connectivity index (χ1n) is 6.04. The van der Waals surface area contributed by atoms with Crippen LogP contribution in [0.1, 0.15) is 34.1 Å². The van der Waals surface area contributed by atoms with Gasteiger partial charge in [-0.2, -0.15) is 0 Å². The predicted molar refractivity (Wildman–Crippen MR) is 68.6 cm³/mol. The number of nitrogens with one attached hydrogen (secondary N) is 2. The Hall–Kier alpha value is -1.79. The smallest absolute Gasteiger partial charge is 0.407 e. The van der Waals surface area contributed by atoms with Crippen LogP contribution >= 0.6 is 0 Å². The number of ether oxygens (including phenoxy) is 1. The van der Waals surface area contributed by atoms with Gasteiger partial charge in [-0.05, 0) is 26.7 Å². The number of hydrogen-bond acceptors (Lipinski definition) is 4. The van der Waals surface area contributed by atoms with E-state index in [-0.39, 0.29) is 18.9 Å². The number of carbonyl (C=O) groups excluding carboxylic acids is 2. The lowest BCUT2D eigenvalue weighted by molar-refractivity contribution is -0.137. The highest BCUT2D eigenvalue weighted by molar-refractivity contribution is 5.69. The maximum Gasteiger partial charge on any atom is 0.407 e. The van der Waals surface area contributed by atoms with Crippen molar-refractivity contribution < 1.29 is 24.2 Å². The van der Waals surface area contributed by atoms with Crippen molar-refractivity contribution in [1.29, 1.82) is 0 Å². The molecule has 0 bridgehead atoms. The number of carboxylic acid groups (broad SMARTS) is 1. The van der Waals surface area contributed by atoms with Crippen LogP contribution in [0.15, 0.2) is 0 Å². The van der Waals surface area contributed by atoms with Gasteiger partial charge in [0.25, 0.3) is 0 Å². The molecule has 7 heteroatoms. The minimum Gasteiger partial charge on any atom is -0.481 e. The number of alkyl carbamates (subject to hydrolysis) is 1. The first-order chi connectivity index (χ1) is 8.65. The number of carboxylic acids is 1. The molecule has 0 aromatic carbocycles. The van der Waals surface area contributed by atoms with Crippen LogP contribution in [0, 0.1) is 5.92 Å². The average molecular weight is 274 g/mol. The SMILES string of the molecule is CC(CNC(=O)OC(C)(C)C)C(CC(=O)O)NC=O. The molecule has 0 spiro atoms. The summed E-state index contributed by atoms with van der Waals surface area (Å²) in [6.45, 7) is 7.20. The summed E-state index contributed by atoms with van der Waals surface area (Å²) in [7, 11) is 0. The molecule has 2 atom stereocenters. The molecule has 19 heavy (non-hydrogen) atoms. The molecule has 0 aromatic heterocycles. The molecular formula is C12H22N2O5. The zero-order valence-corrected chi connectivity index (χ0v) is 11.7. The van der Waals surface area contributed by atoms with E-state index in [1.807, 2.05) is 0 Å². The minimum atomic E-state index is -1.01. The summed E-state index contributed by atoms with van der Waals surface area (Å²) in [6.07, 6.45) is -0.312. The summed E-state index contributed by atoms with van der Waals surface area (Å²) in [4.78, 5) is 32.5. The van der Waals surface area contributed by atoms with Crippen molar-refractivity contribution in [3.05, 3.63) is 0 Å². The van der Waals surface area contributed by atoms with E-state index < -0.39 is 23.7 Å². The molecule has 2 amide bonds. The van der Waals surface area contributed by atoms with Crippen LogP contribution in [-0.2, 0) is 14.3 Å². The van der Waals surface area contributed by atoms with Crippen molar-refractivity contribution in [1.82, 2.24) is 10.6 Å². The van der Waals surface area contributed by atoms with Gasteiger partial charge < -0.3 is 20.5 Å². The van der Waals surface area contributed by atoms with Crippen molar-refractivity contribution >= 4 is 18.5 Å². The molecule has 0 radical (unpaired) electrons. The second kappa shape index (κ2) is 7.60. The topological polar surface area (TPSA) is 105 Å². The number of aliphatic carboxylic acids is 1. The van der Waals surface area contributed by atoms with Crippen LogP contribution in [0.2, 0.25) is 0 Å². The van der Waals surface area contributed by atoms with E-state index in [1.54, 1.807) is 27.7 Å². The Morgan fingerprint density at radius 3 is 2.37 bits per heavy atom. The Morgan fingerprint density at radius 1 is 1.37 bits per heavy atom. The van der Waals surface area contributed by atoms with E-state index in [1.165, 1.54) is 0 Å². The fourth-order valence-corrected chi connectivity index (χ4v) is 1.40. The Morgan fingerprint density at radius 2 is 1.95 bits per heavy atom. The third-order valence-electron chi connectivity index (χ3n) is 2.33. The van der Waals surface area contributed by atoms with Crippen molar-refractivity contribution in [3.63, 3.8) is 0 Å². The van der Waals surface area contributed by atoms with Crippen molar-refractivity contribution in [2.24, 2.45) is 5.92 Å². The van der Waals surface area contributed by atoms with Crippen molar-refractivity contribution in [2.45, 2.75) is 45.8 Å².